The van der Waals surface area contributed by atoms with Crippen molar-refractivity contribution in [3.05, 3.63) is 35.4 Å². The van der Waals surface area contributed by atoms with Crippen LogP contribution in [0, 0.1) is 0 Å². The lowest BCUT2D eigenvalue weighted by molar-refractivity contribution is 0.127. The van der Waals surface area contributed by atoms with E-state index in [-0.39, 0.29) is 17.6 Å². The summed E-state index contributed by atoms with van der Waals surface area (Å²) in [4.78, 5) is 0. The molecular formula is C14H21NO4S. The topological polar surface area (TPSA) is 89.6 Å². The second kappa shape index (κ2) is 6.67. The number of nitrogens with two attached hydrogens (primary N) is 1. The molecule has 0 radical (unpaired) electrons. The Morgan fingerprint density at radius 2 is 2.05 bits per heavy atom. The second-order valence-corrected chi connectivity index (χ2v) is 7.33. The Kier molecular flexibility index (Phi) is 5.15. The summed E-state index contributed by atoms with van der Waals surface area (Å²) in [6.45, 7) is 1.05. The standard InChI is InChI=1S/C14H21NO4S/c15-8-11-3-5-12(6-4-11)14(16)10-20(17,18)9-13-2-1-7-19-13/h3-6,13-14,16H,1-2,7-10,15H2. The molecule has 0 aromatic heterocycles. The first-order valence-electron chi connectivity index (χ1n) is 6.79. The van der Waals surface area contributed by atoms with Crippen LogP contribution in [0.15, 0.2) is 24.3 Å². The lowest BCUT2D eigenvalue weighted by Gasteiger charge is -2.14. The van der Waals surface area contributed by atoms with Crippen molar-refractivity contribution >= 4 is 9.84 Å². The Balaban J connectivity index is 1.96. The fourth-order valence-electron chi connectivity index (χ4n) is 2.34. The molecule has 3 N–H and O–H groups in total. The summed E-state index contributed by atoms with van der Waals surface area (Å²) in [6.07, 6.45) is 0.462. The van der Waals surface area contributed by atoms with Crippen molar-refractivity contribution in [3.63, 3.8) is 0 Å². The van der Waals surface area contributed by atoms with E-state index < -0.39 is 15.9 Å². The maximum atomic E-state index is 12.0. The van der Waals surface area contributed by atoms with Crippen LogP contribution in [0.5, 0.6) is 0 Å². The molecule has 0 bridgehead atoms. The van der Waals surface area contributed by atoms with Crippen LogP contribution in [0.4, 0.5) is 0 Å². The molecule has 0 amide bonds. The zero-order chi connectivity index (χ0) is 14.6. The third kappa shape index (κ3) is 4.28. The van der Waals surface area contributed by atoms with Crippen molar-refractivity contribution in [2.24, 2.45) is 5.73 Å². The molecule has 1 saturated heterocycles. The average molecular weight is 299 g/mol. The molecule has 0 saturated carbocycles. The van der Waals surface area contributed by atoms with Gasteiger partial charge in [-0.15, -0.1) is 0 Å². The summed E-state index contributed by atoms with van der Waals surface area (Å²) in [5, 5.41) is 10.0. The monoisotopic (exact) mass is 299 g/mol. The summed E-state index contributed by atoms with van der Waals surface area (Å²) in [6, 6.07) is 7.03. The van der Waals surface area contributed by atoms with Crippen LogP contribution in [0.2, 0.25) is 0 Å². The van der Waals surface area contributed by atoms with E-state index in [0.29, 0.717) is 18.7 Å². The highest BCUT2D eigenvalue weighted by Gasteiger charge is 2.26. The highest BCUT2D eigenvalue weighted by atomic mass is 32.2. The van der Waals surface area contributed by atoms with E-state index in [1.807, 2.05) is 0 Å². The van der Waals surface area contributed by atoms with Gasteiger partial charge in [0.05, 0.1) is 23.7 Å². The fourth-order valence-corrected chi connectivity index (χ4v) is 3.98. The largest absolute Gasteiger partial charge is 0.387 e. The van der Waals surface area contributed by atoms with Crippen LogP contribution in [-0.4, -0.2) is 37.7 Å². The molecule has 1 aromatic rings. The Labute approximate surface area is 119 Å². The SMILES string of the molecule is NCc1ccc(C(O)CS(=O)(=O)CC2CCCO2)cc1. The van der Waals surface area contributed by atoms with Crippen LogP contribution >= 0.6 is 0 Å². The van der Waals surface area contributed by atoms with Gasteiger partial charge in [-0.3, -0.25) is 0 Å². The summed E-state index contributed by atoms with van der Waals surface area (Å²) < 4.78 is 29.4. The van der Waals surface area contributed by atoms with Gasteiger partial charge in [-0.25, -0.2) is 8.42 Å². The number of rotatable bonds is 6. The molecule has 0 spiro atoms. The van der Waals surface area contributed by atoms with Gasteiger partial charge in [-0.1, -0.05) is 24.3 Å². The number of hydrogen-bond acceptors (Lipinski definition) is 5. The summed E-state index contributed by atoms with van der Waals surface area (Å²) in [5.41, 5.74) is 7.04. The van der Waals surface area contributed by atoms with Crippen molar-refractivity contribution in [3.8, 4) is 0 Å². The first kappa shape index (κ1) is 15.4. The van der Waals surface area contributed by atoms with Crippen LogP contribution in [0.25, 0.3) is 0 Å². The van der Waals surface area contributed by atoms with Gasteiger partial charge in [0, 0.05) is 13.2 Å². The van der Waals surface area contributed by atoms with E-state index in [1.165, 1.54) is 0 Å². The van der Waals surface area contributed by atoms with Crippen LogP contribution in [0.1, 0.15) is 30.1 Å². The maximum Gasteiger partial charge on any atom is 0.155 e. The van der Waals surface area contributed by atoms with Crippen LogP contribution in [-0.2, 0) is 21.1 Å². The number of aliphatic hydroxyl groups excluding tert-OH is 1. The highest BCUT2D eigenvalue weighted by molar-refractivity contribution is 7.91. The predicted molar refractivity (Wildman–Crippen MR) is 76.9 cm³/mol. The molecule has 1 heterocycles. The van der Waals surface area contributed by atoms with Crippen molar-refractivity contribution in [2.75, 3.05) is 18.1 Å². The molecule has 2 atom stereocenters. The minimum Gasteiger partial charge on any atom is -0.387 e. The van der Waals surface area contributed by atoms with E-state index >= 15 is 0 Å². The zero-order valence-electron chi connectivity index (χ0n) is 11.4. The van der Waals surface area contributed by atoms with Gasteiger partial charge >= 0.3 is 0 Å². The second-order valence-electron chi connectivity index (χ2n) is 5.17. The quantitative estimate of drug-likeness (QED) is 0.810. The van der Waals surface area contributed by atoms with Gasteiger partial charge in [0.1, 0.15) is 0 Å². The van der Waals surface area contributed by atoms with E-state index in [4.69, 9.17) is 10.5 Å². The molecule has 1 fully saturated rings. The number of hydrogen-bond donors (Lipinski definition) is 2. The molecule has 1 aromatic carbocycles. The van der Waals surface area contributed by atoms with Crippen LogP contribution < -0.4 is 5.73 Å². The van der Waals surface area contributed by atoms with E-state index in [2.05, 4.69) is 0 Å². The van der Waals surface area contributed by atoms with Crippen molar-refractivity contribution in [1.82, 2.24) is 0 Å². The molecule has 0 aliphatic carbocycles. The van der Waals surface area contributed by atoms with Gasteiger partial charge in [0.2, 0.25) is 0 Å². The smallest absolute Gasteiger partial charge is 0.155 e. The minimum absolute atomic E-state index is 0.00898. The fraction of sp³-hybridized carbons (Fsp3) is 0.571. The van der Waals surface area contributed by atoms with Gasteiger partial charge < -0.3 is 15.6 Å². The molecule has 6 heteroatoms. The highest BCUT2D eigenvalue weighted by Crippen LogP contribution is 2.19. The first-order valence-corrected chi connectivity index (χ1v) is 8.61. The number of ether oxygens (including phenoxy) is 1. The Morgan fingerprint density at radius 1 is 1.35 bits per heavy atom. The van der Waals surface area contributed by atoms with E-state index in [0.717, 1.165) is 18.4 Å². The van der Waals surface area contributed by atoms with E-state index in [1.54, 1.807) is 24.3 Å². The molecule has 2 rings (SSSR count). The lowest BCUT2D eigenvalue weighted by Crippen LogP contribution is -2.25. The maximum absolute atomic E-state index is 12.0. The van der Waals surface area contributed by atoms with E-state index in [9.17, 15) is 13.5 Å². The number of benzene rings is 1. The zero-order valence-corrected chi connectivity index (χ0v) is 12.2. The Bertz CT molecular complexity index is 521. The predicted octanol–water partition coefficient (Wildman–Crippen LogP) is 0.772. The first-order chi connectivity index (χ1) is 9.50. The normalized spacial score (nSPS) is 21.0. The third-order valence-corrected chi connectivity index (χ3v) is 5.18. The molecular weight excluding hydrogens is 278 g/mol. The molecule has 1 aliphatic rings. The summed E-state index contributed by atoms with van der Waals surface area (Å²) >= 11 is 0. The van der Waals surface area contributed by atoms with Gasteiger partial charge in [0.25, 0.3) is 0 Å². The Morgan fingerprint density at radius 3 is 2.60 bits per heavy atom. The molecule has 2 unspecified atom stereocenters. The van der Waals surface area contributed by atoms with Gasteiger partial charge in [-0.05, 0) is 24.0 Å². The number of aliphatic hydroxyl groups is 1. The lowest BCUT2D eigenvalue weighted by atomic mass is 10.1. The van der Waals surface area contributed by atoms with Gasteiger partial charge in [0.15, 0.2) is 9.84 Å². The third-order valence-electron chi connectivity index (χ3n) is 3.48. The van der Waals surface area contributed by atoms with Gasteiger partial charge in [-0.2, -0.15) is 0 Å². The Hall–Kier alpha value is -0.950. The minimum atomic E-state index is -3.33. The van der Waals surface area contributed by atoms with Crippen molar-refractivity contribution in [1.29, 1.82) is 0 Å². The van der Waals surface area contributed by atoms with Crippen LogP contribution in [0.3, 0.4) is 0 Å². The summed E-state index contributed by atoms with van der Waals surface area (Å²) in [5.74, 6) is -0.278. The molecule has 5 nitrogen and oxygen atoms in total. The molecule has 1 aliphatic heterocycles. The number of sulfone groups is 1. The molecule has 112 valence electrons. The molecule has 20 heavy (non-hydrogen) atoms. The van der Waals surface area contributed by atoms with Crippen molar-refractivity contribution < 1.29 is 18.3 Å². The van der Waals surface area contributed by atoms with Crippen molar-refractivity contribution in [2.45, 2.75) is 31.6 Å². The summed E-state index contributed by atoms with van der Waals surface area (Å²) in [7, 11) is -3.33. The average Bonchev–Trinajstić information content (AvgIpc) is 2.90.